The molecule has 2 N–H and O–H groups in total. The van der Waals surface area contributed by atoms with E-state index in [2.05, 4.69) is 5.32 Å². The highest BCUT2D eigenvalue weighted by molar-refractivity contribution is 5.87. The van der Waals surface area contributed by atoms with Crippen molar-refractivity contribution in [1.29, 1.82) is 0 Å². The summed E-state index contributed by atoms with van der Waals surface area (Å²) in [6.07, 6.45) is 4.44. The van der Waals surface area contributed by atoms with Crippen LogP contribution in [-0.2, 0) is 0 Å². The summed E-state index contributed by atoms with van der Waals surface area (Å²) in [6, 6.07) is 16.7. The van der Waals surface area contributed by atoms with Gasteiger partial charge >= 0.3 is 5.97 Å². The number of anilines is 1. The van der Waals surface area contributed by atoms with Crippen molar-refractivity contribution in [2.45, 2.75) is 25.7 Å². The molecule has 0 saturated carbocycles. The Morgan fingerprint density at radius 2 is 1.61 bits per heavy atom. The number of hydrogen-bond acceptors (Lipinski definition) is 3. The third kappa shape index (κ3) is 6.43. The third-order valence-corrected chi connectivity index (χ3v) is 3.54. The van der Waals surface area contributed by atoms with Gasteiger partial charge in [-0.05, 0) is 49.2 Å². The van der Waals surface area contributed by atoms with Gasteiger partial charge in [-0.1, -0.05) is 31.0 Å². The monoisotopic (exact) mass is 313 g/mol. The zero-order valence-electron chi connectivity index (χ0n) is 13.2. The second kappa shape index (κ2) is 9.51. The Labute approximate surface area is 137 Å². The number of para-hydroxylation sites is 1. The van der Waals surface area contributed by atoms with E-state index in [1.54, 1.807) is 24.3 Å². The SMILES string of the molecule is O=C(O)c1ccc(NCCCCCCOc2ccccc2)cc1. The quantitative estimate of drug-likeness (QED) is 0.637. The van der Waals surface area contributed by atoms with Crippen molar-refractivity contribution >= 4 is 11.7 Å². The Kier molecular flexibility index (Phi) is 6.98. The number of aromatic carboxylic acids is 1. The lowest BCUT2D eigenvalue weighted by Crippen LogP contribution is -2.03. The molecule has 0 radical (unpaired) electrons. The van der Waals surface area contributed by atoms with Gasteiger partial charge in [0, 0.05) is 12.2 Å². The minimum Gasteiger partial charge on any atom is -0.494 e. The Morgan fingerprint density at radius 1 is 0.913 bits per heavy atom. The van der Waals surface area contributed by atoms with Gasteiger partial charge < -0.3 is 15.2 Å². The van der Waals surface area contributed by atoms with Crippen LogP contribution in [0.3, 0.4) is 0 Å². The first-order valence-corrected chi connectivity index (χ1v) is 8.01. The number of unbranched alkanes of at least 4 members (excludes halogenated alkanes) is 3. The summed E-state index contributed by atoms with van der Waals surface area (Å²) in [5, 5.41) is 12.1. The molecule has 0 heterocycles. The number of rotatable bonds is 10. The van der Waals surface area contributed by atoms with Gasteiger partial charge in [-0.15, -0.1) is 0 Å². The van der Waals surface area contributed by atoms with Crippen molar-refractivity contribution < 1.29 is 14.6 Å². The van der Waals surface area contributed by atoms with E-state index in [4.69, 9.17) is 9.84 Å². The number of ether oxygens (including phenoxy) is 1. The van der Waals surface area contributed by atoms with E-state index in [0.717, 1.165) is 50.3 Å². The molecule has 4 nitrogen and oxygen atoms in total. The first-order chi connectivity index (χ1) is 11.3. The lowest BCUT2D eigenvalue weighted by molar-refractivity contribution is 0.0697. The predicted octanol–water partition coefficient (Wildman–Crippen LogP) is 4.44. The Hall–Kier alpha value is -2.49. The molecule has 122 valence electrons. The Morgan fingerprint density at radius 3 is 2.30 bits per heavy atom. The van der Waals surface area contributed by atoms with Crippen LogP contribution in [0.2, 0.25) is 0 Å². The van der Waals surface area contributed by atoms with Gasteiger partial charge in [-0.2, -0.15) is 0 Å². The molecule has 4 heteroatoms. The molecule has 2 aromatic rings. The number of carboxylic acids is 1. The molecule has 2 rings (SSSR count). The predicted molar refractivity (Wildman–Crippen MR) is 92.3 cm³/mol. The standard InChI is InChI=1S/C19H23NO3/c21-19(22)16-10-12-17(13-11-16)20-14-6-1-2-7-15-23-18-8-4-3-5-9-18/h3-5,8-13,20H,1-2,6-7,14-15H2,(H,21,22). The first-order valence-electron chi connectivity index (χ1n) is 8.01. The van der Waals surface area contributed by atoms with Crippen molar-refractivity contribution in [3.8, 4) is 5.75 Å². The highest BCUT2D eigenvalue weighted by Crippen LogP contribution is 2.11. The second-order valence-electron chi connectivity index (χ2n) is 5.39. The molecular weight excluding hydrogens is 290 g/mol. The lowest BCUT2D eigenvalue weighted by Gasteiger charge is -2.07. The fraction of sp³-hybridized carbons (Fsp3) is 0.316. The third-order valence-electron chi connectivity index (χ3n) is 3.54. The summed E-state index contributed by atoms with van der Waals surface area (Å²) in [7, 11) is 0. The maximum atomic E-state index is 10.8. The molecule has 0 atom stereocenters. The maximum absolute atomic E-state index is 10.8. The van der Waals surface area contributed by atoms with Crippen molar-refractivity contribution in [3.63, 3.8) is 0 Å². The van der Waals surface area contributed by atoms with E-state index in [1.165, 1.54) is 0 Å². The van der Waals surface area contributed by atoms with Gasteiger partial charge in [0.2, 0.25) is 0 Å². The molecule has 0 saturated heterocycles. The van der Waals surface area contributed by atoms with Crippen LogP contribution in [0.5, 0.6) is 5.75 Å². The smallest absolute Gasteiger partial charge is 0.335 e. The second-order valence-corrected chi connectivity index (χ2v) is 5.39. The molecule has 0 amide bonds. The Bertz CT molecular complexity index is 581. The van der Waals surface area contributed by atoms with Gasteiger partial charge in [0.15, 0.2) is 0 Å². The molecular formula is C19H23NO3. The highest BCUT2D eigenvalue weighted by atomic mass is 16.5. The van der Waals surface area contributed by atoms with Gasteiger partial charge in [0.25, 0.3) is 0 Å². The normalized spacial score (nSPS) is 10.3. The average Bonchev–Trinajstić information content (AvgIpc) is 2.58. The van der Waals surface area contributed by atoms with Crippen LogP contribution in [0.15, 0.2) is 54.6 Å². The zero-order chi connectivity index (χ0) is 16.3. The summed E-state index contributed by atoms with van der Waals surface area (Å²) in [5.41, 5.74) is 1.27. The van der Waals surface area contributed by atoms with Gasteiger partial charge in [-0.3, -0.25) is 0 Å². The number of nitrogens with one attached hydrogen (secondary N) is 1. The van der Waals surface area contributed by atoms with Crippen LogP contribution in [0, 0.1) is 0 Å². The average molecular weight is 313 g/mol. The summed E-state index contributed by atoms with van der Waals surface area (Å²) < 4.78 is 5.65. The molecule has 0 fully saturated rings. The van der Waals surface area contributed by atoms with Crippen molar-refractivity contribution in [3.05, 3.63) is 60.2 Å². The van der Waals surface area contributed by atoms with Crippen LogP contribution in [-0.4, -0.2) is 24.2 Å². The van der Waals surface area contributed by atoms with Gasteiger partial charge in [0.1, 0.15) is 5.75 Å². The molecule has 0 aliphatic carbocycles. The minimum absolute atomic E-state index is 0.314. The van der Waals surface area contributed by atoms with Gasteiger partial charge in [-0.25, -0.2) is 4.79 Å². The van der Waals surface area contributed by atoms with Crippen LogP contribution in [0.25, 0.3) is 0 Å². The summed E-state index contributed by atoms with van der Waals surface area (Å²) >= 11 is 0. The molecule has 0 aromatic heterocycles. The highest BCUT2D eigenvalue weighted by Gasteiger charge is 2.01. The van der Waals surface area contributed by atoms with E-state index in [9.17, 15) is 4.79 Å². The maximum Gasteiger partial charge on any atom is 0.335 e. The molecule has 0 aliphatic heterocycles. The minimum atomic E-state index is -0.894. The molecule has 0 bridgehead atoms. The summed E-state index contributed by atoms with van der Waals surface area (Å²) in [6.45, 7) is 1.65. The lowest BCUT2D eigenvalue weighted by atomic mass is 10.2. The van der Waals surface area contributed by atoms with E-state index < -0.39 is 5.97 Å². The first kappa shape index (κ1) is 16.9. The van der Waals surface area contributed by atoms with Crippen LogP contribution < -0.4 is 10.1 Å². The number of benzene rings is 2. The molecule has 2 aromatic carbocycles. The van der Waals surface area contributed by atoms with Crippen LogP contribution in [0.1, 0.15) is 36.0 Å². The van der Waals surface area contributed by atoms with Crippen molar-refractivity contribution in [2.75, 3.05) is 18.5 Å². The Balaban J connectivity index is 1.50. The molecule has 0 spiro atoms. The summed E-state index contributed by atoms with van der Waals surface area (Å²) in [4.78, 5) is 10.8. The fourth-order valence-electron chi connectivity index (χ4n) is 2.25. The number of hydrogen-bond donors (Lipinski definition) is 2. The van der Waals surface area contributed by atoms with Crippen LogP contribution >= 0.6 is 0 Å². The van der Waals surface area contributed by atoms with E-state index in [0.29, 0.717) is 5.56 Å². The van der Waals surface area contributed by atoms with E-state index >= 15 is 0 Å². The van der Waals surface area contributed by atoms with Crippen molar-refractivity contribution in [2.24, 2.45) is 0 Å². The van der Waals surface area contributed by atoms with E-state index in [1.807, 2.05) is 30.3 Å². The number of carbonyl (C=O) groups is 1. The molecule has 0 aliphatic rings. The zero-order valence-corrected chi connectivity index (χ0v) is 13.2. The number of carboxylic acid groups (broad SMARTS) is 1. The fourth-order valence-corrected chi connectivity index (χ4v) is 2.25. The van der Waals surface area contributed by atoms with E-state index in [-0.39, 0.29) is 0 Å². The molecule has 0 unspecified atom stereocenters. The van der Waals surface area contributed by atoms with Crippen LogP contribution in [0.4, 0.5) is 5.69 Å². The largest absolute Gasteiger partial charge is 0.494 e. The molecule has 23 heavy (non-hydrogen) atoms. The summed E-state index contributed by atoms with van der Waals surface area (Å²) in [5.74, 6) is 0.0354. The topological polar surface area (TPSA) is 58.6 Å². The van der Waals surface area contributed by atoms with Gasteiger partial charge in [0.05, 0.1) is 12.2 Å². The van der Waals surface area contributed by atoms with Crippen molar-refractivity contribution in [1.82, 2.24) is 0 Å².